The van der Waals surface area contributed by atoms with Gasteiger partial charge < -0.3 is 5.11 Å². The van der Waals surface area contributed by atoms with E-state index in [2.05, 4.69) is 20.7 Å². The number of rotatable bonds is 4. The number of nitrogens with one attached hydrogen (secondary N) is 1. The molecule has 1 heterocycles. The van der Waals surface area contributed by atoms with Gasteiger partial charge in [0.25, 0.3) is 10.0 Å². The second kappa shape index (κ2) is 5.74. The first-order chi connectivity index (χ1) is 9.72. The first kappa shape index (κ1) is 15.9. The van der Waals surface area contributed by atoms with Crippen LogP contribution in [-0.2, 0) is 10.0 Å². The van der Waals surface area contributed by atoms with Crippen LogP contribution in [0, 0.1) is 12.7 Å². The van der Waals surface area contributed by atoms with Crippen LogP contribution in [0.2, 0.25) is 0 Å². The number of hydrogen-bond donors (Lipinski definition) is 2. The lowest BCUT2D eigenvalue weighted by Gasteiger charge is -2.10. The predicted molar refractivity (Wildman–Crippen MR) is 80.9 cm³/mol. The SMILES string of the molecule is Cc1csc(C(=O)O)c1S(=O)(=O)Nc1ccc(F)cc1Br. The molecule has 0 bridgehead atoms. The van der Waals surface area contributed by atoms with Gasteiger partial charge in [-0.3, -0.25) is 4.72 Å². The van der Waals surface area contributed by atoms with E-state index in [1.165, 1.54) is 18.4 Å². The molecule has 0 radical (unpaired) electrons. The molecule has 9 heteroatoms. The van der Waals surface area contributed by atoms with E-state index in [1.807, 2.05) is 0 Å². The van der Waals surface area contributed by atoms with Crippen molar-refractivity contribution >= 4 is 48.9 Å². The number of hydrogen-bond acceptors (Lipinski definition) is 4. The molecule has 2 N–H and O–H groups in total. The molecule has 0 aliphatic heterocycles. The van der Waals surface area contributed by atoms with Gasteiger partial charge in [0.1, 0.15) is 15.6 Å². The van der Waals surface area contributed by atoms with Crippen LogP contribution in [0.15, 0.2) is 32.9 Å². The summed E-state index contributed by atoms with van der Waals surface area (Å²) in [7, 11) is -4.08. The van der Waals surface area contributed by atoms with Crippen molar-refractivity contribution in [2.45, 2.75) is 11.8 Å². The monoisotopic (exact) mass is 393 g/mol. The zero-order valence-corrected chi connectivity index (χ0v) is 13.8. The van der Waals surface area contributed by atoms with Crippen LogP contribution in [-0.4, -0.2) is 19.5 Å². The first-order valence-electron chi connectivity index (χ1n) is 5.51. The summed E-state index contributed by atoms with van der Waals surface area (Å²) in [6.07, 6.45) is 0. The zero-order chi connectivity index (χ0) is 15.8. The van der Waals surface area contributed by atoms with Gasteiger partial charge >= 0.3 is 5.97 Å². The molecule has 0 atom stereocenters. The lowest BCUT2D eigenvalue weighted by Crippen LogP contribution is -2.16. The van der Waals surface area contributed by atoms with E-state index in [1.54, 1.807) is 0 Å². The van der Waals surface area contributed by atoms with Gasteiger partial charge in [-0.2, -0.15) is 0 Å². The van der Waals surface area contributed by atoms with Crippen molar-refractivity contribution < 1.29 is 22.7 Å². The molecule has 5 nitrogen and oxygen atoms in total. The Morgan fingerprint density at radius 2 is 2.10 bits per heavy atom. The molecule has 2 aromatic rings. The van der Waals surface area contributed by atoms with Gasteiger partial charge in [0.15, 0.2) is 0 Å². The second-order valence-corrected chi connectivity index (χ2v) is 7.47. The molecule has 1 aromatic heterocycles. The summed E-state index contributed by atoms with van der Waals surface area (Å²) >= 11 is 3.89. The molecule has 2 rings (SSSR count). The molecule has 0 aliphatic carbocycles. The van der Waals surface area contributed by atoms with E-state index in [0.717, 1.165) is 23.5 Å². The number of carbonyl (C=O) groups is 1. The molecule has 0 fully saturated rings. The topological polar surface area (TPSA) is 83.5 Å². The number of thiophene rings is 1. The van der Waals surface area contributed by atoms with Crippen molar-refractivity contribution in [3.8, 4) is 0 Å². The molecule has 0 aliphatic rings. The average Bonchev–Trinajstić information content (AvgIpc) is 2.76. The molecular weight excluding hydrogens is 385 g/mol. The Balaban J connectivity index is 2.48. The van der Waals surface area contributed by atoms with Crippen LogP contribution in [0.5, 0.6) is 0 Å². The third-order valence-corrected chi connectivity index (χ3v) is 5.98. The van der Waals surface area contributed by atoms with Crippen molar-refractivity contribution in [3.63, 3.8) is 0 Å². The summed E-state index contributed by atoms with van der Waals surface area (Å²) in [5, 5.41) is 10.5. The fourth-order valence-corrected chi connectivity index (χ4v) is 4.98. The Bertz CT molecular complexity index is 817. The standard InChI is InChI=1S/C12H9BrFNO4S2/c1-6-5-20-10(12(16)17)11(6)21(18,19)15-9-3-2-7(14)4-8(9)13/h2-5,15H,1H3,(H,16,17). The summed E-state index contributed by atoms with van der Waals surface area (Å²) in [5.74, 6) is -1.84. The smallest absolute Gasteiger partial charge is 0.347 e. The highest BCUT2D eigenvalue weighted by Crippen LogP contribution is 2.31. The fourth-order valence-electron chi connectivity index (χ4n) is 1.68. The van der Waals surface area contributed by atoms with Gasteiger partial charge in [-0.05, 0) is 52.0 Å². The first-order valence-corrected chi connectivity index (χ1v) is 8.67. The van der Waals surface area contributed by atoms with Crippen molar-refractivity contribution in [1.82, 2.24) is 0 Å². The van der Waals surface area contributed by atoms with Crippen LogP contribution < -0.4 is 4.72 Å². The third kappa shape index (κ3) is 3.25. The summed E-state index contributed by atoms with van der Waals surface area (Å²) < 4.78 is 40.2. The Kier molecular flexibility index (Phi) is 4.35. The molecule has 0 saturated heterocycles. The lowest BCUT2D eigenvalue weighted by atomic mass is 10.3. The number of carboxylic acids is 1. The van der Waals surface area contributed by atoms with Gasteiger partial charge in [-0.15, -0.1) is 11.3 Å². The van der Waals surface area contributed by atoms with Crippen molar-refractivity contribution in [1.29, 1.82) is 0 Å². The molecule has 0 amide bonds. The van der Waals surface area contributed by atoms with Crippen molar-refractivity contribution in [3.05, 3.63) is 44.3 Å². The van der Waals surface area contributed by atoms with Crippen LogP contribution in [0.25, 0.3) is 0 Å². The summed E-state index contributed by atoms with van der Waals surface area (Å²) in [6.45, 7) is 1.51. The normalized spacial score (nSPS) is 11.4. The fraction of sp³-hybridized carbons (Fsp3) is 0.0833. The quantitative estimate of drug-likeness (QED) is 0.832. The maximum absolute atomic E-state index is 13.0. The summed E-state index contributed by atoms with van der Waals surface area (Å²) in [6, 6.07) is 3.46. The van der Waals surface area contributed by atoms with Gasteiger partial charge in [0.2, 0.25) is 0 Å². The number of sulfonamides is 1. The van der Waals surface area contributed by atoms with Crippen LogP contribution in [0.1, 0.15) is 15.2 Å². The largest absolute Gasteiger partial charge is 0.477 e. The maximum atomic E-state index is 13.0. The number of benzene rings is 1. The van der Waals surface area contributed by atoms with Gasteiger partial charge in [-0.1, -0.05) is 0 Å². The Morgan fingerprint density at radius 1 is 1.43 bits per heavy atom. The van der Waals surface area contributed by atoms with E-state index in [4.69, 9.17) is 5.11 Å². The number of anilines is 1. The minimum absolute atomic E-state index is 0.123. The van der Waals surface area contributed by atoms with E-state index < -0.39 is 21.8 Å². The molecule has 0 spiro atoms. The van der Waals surface area contributed by atoms with Crippen molar-refractivity contribution in [2.75, 3.05) is 4.72 Å². The minimum atomic E-state index is -4.08. The van der Waals surface area contributed by atoms with E-state index in [9.17, 15) is 17.6 Å². The van der Waals surface area contributed by atoms with Gasteiger partial charge in [0.05, 0.1) is 5.69 Å². The molecule has 0 saturated carbocycles. The number of aromatic carboxylic acids is 1. The van der Waals surface area contributed by atoms with Crippen molar-refractivity contribution in [2.24, 2.45) is 0 Å². The van der Waals surface area contributed by atoms with Crippen LogP contribution >= 0.6 is 27.3 Å². The highest BCUT2D eigenvalue weighted by molar-refractivity contribution is 9.10. The number of aryl methyl sites for hydroxylation is 1. The highest BCUT2D eigenvalue weighted by atomic mass is 79.9. The zero-order valence-electron chi connectivity index (χ0n) is 10.6. The number of carboxylic acid groups (broad SMARTS) is 1. The molecule has 1 aromatic carbocycles. The Hall–Kier alpha value is -1.45. The highest BCUT2D eigenvalue weighted by Gasteiger charge is 2.27. The molecule has 21 heavy (non-hydrogen) atoms. The van der Waals surface area contributed by atoms with E-state index >= 15 is 0 Å². The summed E-state index contributed by atoms with van der Waals surface area (Å²) in [4.78, 5) is 10.6. The maximum Gasteiger partial charge on any atom is 0.347 e. The van der Waals surface area contributed by atoms with Gasteiger partial charge in [-0.25, -0.2) is 17.6 Å². The Labute approximate surface area is 132 Å². The average molecular weight is 394 g/mol. The molecule has 112 valence electrons. The van der Waals surface area contributed by atoms with Crippen LogP contribution in [0.4, 0.5) is 10.1 Å². The Morgan fingerprint density at radius 3 is 2.67 bits per heavy atom. The molecule has 0 unspecified atom stereocenters. The summed E-state index contributed by atoms with van der Waals surface area (Å²) in [5.41, 5.74) is 0.460. The lowest BCUT2D eigenvalue weighted by molar-refractivity contribution is 0.0698. The van der Waals surface area contributed by atoms with Gasteiger partial charge in [0, 0.05) is 4.47 Å². The third-order valence-electron chi connectivity index (χ3n) is 2.56. The minimum Gasteiger partial charge on any atom is -0.477 e. The number of halogens is 2. The van der Waals surface area contributed by atoms with E-state index in [0.29, 0.717) is 5.56 Å². The van der Waals surface area contributed by atoms with Crippen LogP contribution in [0.3, 0.4) is 0 Å². The van der Waals surface area contributed by atoms with E-state index in [-0.39, 0.29) is 19.9 Å². The predicted octanol–water partition coefficient (Wildman–Crippen LogP) is 3.46. The second-order valence-electron chi connectivity index (χ2n) is 4.11. The molecular formula is C12H9BrFNO4S2.